The van der Waals surface area contributed by atoms with E-state index in [1.165, 1.54) is 0 Å². The summed E-state index contributed by atoms with van der Waals surface area (Å²) in [4.78, 5) is 0. The summed E-state index contributed by atoms with van der Waals surface area (Å²) < 4.78 is 64.7. The van der Waals surface area contributed by atoms with E-state index in [1.807, 2.05) is 42.1 Å². The summed E-state index contributed by atoms with van der Waals surface area (Å²) in [6, 6.07) is 10.1. The summed E-state index contributed by atoms with van der Waals surface area (Å²) in [7, 11) is -28.6. The molecule has 0 N–H and O–H groups in total. The fourth-order valence-electron chi connectivity index (χ4n) is 4.20. The number of benzene rings is 1. The van der Waals surface area contributed by atoms with E-state index in [1.54, 1.807) is 0 Å². The zero-order valence-electron chi connectivity index (χ0n) is 34.2. The second-order valence-corrected chi connectivity index (χ2v) is 59.5. The molecule has 0 radical (unpaired) electrons. The molecule has 1 rings (SSSR count). The predicted octanol–water partition coefficient (Wildman–Crippen LogP) is 10.0. The minimum Gasteiger partial charge on any atom is -0.414 e. The van der Waals surface area contributed by atoms with Crippen molar-refractivity contribution in [1.29, 1.82) is 0 Å². The van der Waals surface area contributed by atoms with Gasteiger partial charge in [0.15, 0.2) is 58.2 Å². The number of hydrogen-bond donors (Lipinski definition) is 0. The molecule has 0 aromatic heterocycles. The summed E-state index contributed by atoms with van der Waals surface area (Å²) in [5, 5.41) is 0. The first-order valence-electron chi connectivity index (χ1n) is 17.0. The minimum atomic E-state index is -4.10. The maximum Gasteiger partial charge on any atom is 0.640 e. The summed E-state index contributed by atoms with van der Waals surface area (Å²) in [5.74, 6) is 0. The Kier molecular flexibility index (Phi) is 16.0. The molecule has 0 atom stereocenters. The van der Waals surface area contributed by atoms with Crippen molar-refractivity contribution in [2.45, 2.75) is 137 Å². The first-order chi connectivity index (χ1) is 20.9. The van der Waals surface area contributed by atoms with E-state index in [4.69, 9.17) is 37.0 Å². The lowest BCUT2D eigenvalue weighted by Crippen LogP contribution is -2.73. The zero-order valence-corrected chi connectivity index (χ0v) is 44.2. The largest absolute Gasteiger partial charge is 0.640 e. The van der Waals surface area contributed by atoms with Gasteiger partial charge in [-0.15, -0.1) is 0 Å². The highest BCUT2D eigenvalue weighted by Gasteiger charge is 2.66. The first-order valence-corrected chi connectivity index (χ1v) is 45.9. The molecule has 0 saturated carbocycles. The van der Waals surface area contributed by atoms with Gasteiger partial charge in [0.2, 0.25) is 0 Å². The molecular formula is C29H70O9Si10. The van der Waals surface area contributed by atoms with Crippen LogP contribution < -0.4 is 0 Å². The molecular weight excluding hydrogens is 773 g/mol. The molecule has 0 spiro atoms. The average Bonchev–Trinajstić information content (AvgIpc) is 2.69. The predicted molar refractivity (Wildman–Crippen MR) is 226 cm³/mol. The van der Waals surface area contributed by atoms with Crippen LogP contribution >= 0.6 is 0 Å². The van der Waals surface area contributed by atoms with Crippen molar-refractivity contribution in [2.24, 2.45) is 0 Å². The van der Waals surface area contributed by atoms with Crippen LogP contribution in [-0.2, 0) is 37.0 Å². The van der Waals surface area contributed by atoms with Crippen molar-refractivity contribution in [3.63, 3.8) is 0 Å². The topological polar surface area (TPSA) is 83.1 Å². The van der Waals surface area contributed by atoms with Gasteiger partial charge in [-0.1, -0.05) is 36.4 Å². The van der Waals surface area contributed by atoms with E-state index in [0.29, 0.717) is 0 Å². The van der Waals surface area contributed by atoms with E-state index < -0.39 is 85.1 Å². The standard InChI is InChI=1S/C29H70O9Si10/c1-39(2,3)30-46(28-27-29-25-23-22-24-26-29,37-47(31-40(4,5)6,32-41(7,8)9)33-42(10,11)12)38-48(34-43(13,14)15,35-44(16,17)18)36-45(19,20)21/h22-28H,1-21H3. The van der Waals surface area contributed by atoms with Crippen molar-refractivity contribution >= 4 is 91.2 Å². The summed E-state index contributed by atoms with van der Waals surface area (Å²) in [5.41, 5.74) is 2.94. The van der Waals surface area contributed by atoms with Crippen LogP contribution in [-0.4, -0.2) is 85.1 Å². The van der Waals surface area contributed by atoms with Gasteiger partial charge in [-0.2, -0.15) is 0 Å². The lowest BCUT2D eigenvalue weighted by atomic mass is 10.2. The molecule has 1 aromatic rings. The summed E-state index contributed by atoms with van der Waals surface area (Å²) in [6.07, 6.45) is 2.01. The highest BCUT2D eigenvalue weighted by Crippen LogP contribution is 2.37. The van der Waals surface area contributed by atoms with Crippen molar-refractivity contribution in [2.75, 3.05) is 0 Å². The van der Waals surface area contributed by atoms with Crippen LogP contribution in [0.3, 0.4) is 0 Å². The van der Waals surface area contributed by atoms with Gasteiger partial charge in [-0.05, 0) is 149 Å². The first kappa shape index (κ1) is 46.8. The third kappa shape index (κ3) is 20.7. The number of hydrogen-bond acceptors (Lipinski definition) is 9. The van der Waals surface area contributed by atoms with Gasteiger partial charge >= 0.3 is 26.9 Å². The molecule has 0 aliphatic heterocycles. The summed E-state index contributed by atoms with van der Waals surface area (Å²) >= 11 is 0. The Morgan fingerprint density at radius 1 is 0.333 bits per heavy atom. The van der Waals surface area contributed by atoms with Crippen LogP contribution in [0, 0.1) is 0 Å². The molecule has 0 fully saturated rings. The molecule has 19 heteroatoms. The maximum absolute atomic E-state index is 7.51. The van der Waals surface area contributed by atoms with Crippen molar-refractivity contribution in [1.82, 2.24) is 0 Å². The van der Waals surface area contributed by atoms with E-state index in [-0.39, 0.29) is 0 Å². The van der Waals surface area contributed by atoms with Crippen LogP contribution in [0.25, 0.3) is 6.08 Å². The molecule has 280 valence electrons. The van der Waals surface area contributed by atoms with E-state index in [0.717, 1.165) is 5.56 Å². The van der Waals surface area contributed by atoms with Crippen LogP contribution in [0.5, 0.6) is 0 Å². The smallest absolute Gasteiger partial charge is 0.414 e. The molecule has 0 aliphatic carbocycles. The van der Waals surface area contributed by atoms with Crippen molar-refractivity contribution in [3.8, 4) is 0 Å². The average molecular weight is 844 g/mol. The number of rotatable bonds is 20. The molecule has 1 aromatic carbocycles. The van der Waals surface area contributed by atoms with Gasteiger partial charge in [-0.3, -0.25) is 0 Å². The highest BCUT2D eigenvalue weighted by atomic mass is 28.6. The molecule has 0 heterocycles. The van der Waals surface area contributed by atoms with E-state index in [9.17, 15) is 0 Å². The zero-order chi connectivity index (χ0) is 37.9. The van der Waals surface area contributed by atoms with Crippen LogP contribution in [0.2, 0.25) is 137 Å². The molecule has 0 unspecified atom stereocenters. The SMILES string of the molecule is C[Si](C)(C)O[Si](C=Cc1ccccc1)(O[Si](O[Si](C)(C)C)(O[Si](C)(C)C)O[Si](C)(C)C)O[Si](O[Si](C)(C)C)(O[Si](C)(C)C)O[Si](C)(C)C. The Morgan fingerprint density at radius 3 is 0.812 bits per heavy atom. The fourth-order valence-corrected chi connectivity index (χ4v) is 37.7. The third-order valence-electron chi connectivity index (χ3n) is 4.85. The van der Waals surface area contributed by atoms with E-state index in [2.05, 4.69) is 137 Å². The molecule has 0 bridgehead atoms. The Hall–Kier alpha value is 0.769. The van der Waals surface area contributed by atoms with Crippen molar-refractivity contribution in [3.05, 3.63) is 41.6 Å². The lowest BCUT2D eigenvalue weighted by molar-refractivity contribution is 0.0775. The Morgan fingerprint density at radius 2 is 0.583 bits per heavy atom. The van der Waals surface area contributed by atoms with Gasteiger partial charge in [0, 0.05) is 0 Å². The fraction of sp³-hybridized carbons (Fsp3) is 0.724. The Balaban J connectivity index is 4.45. The van der Waals surface area contributed by atoms with E-state index >= 15 is 0 Å². The van der Waals surface area contributed by atoms with Gasteiger partial charge in [0.05, 0.1) is 0 Å². The third-order valence-corrected chi connectivity index (χ3v) is 34.0. The van der Waals surface area contributed by atoms with Crippen LogP contribution in [0.1, 0.15) is 5.56 Å². The Bertz CT molecular complexity index is 1030. The highest BCUT2D eigenvalue weighted by molar-refractivity contribution is 6.96. The second-order valence-electron chi connectivity index (χ2n) is 19.1. The minimum absolute atomic E-state index is 0.979. The molecule has 0 saturated heterocycles. The molecule has 9 nitrogen and oxygen atoms in total. The normalized spacial score (nSPS) is 15.4. The summed E-state index contributed by atoms with van der Waals surface area (Å²) in [6.45, 7) is 44.9. The van der Waals surface area contributed by atoms with Gasteiger partial charge in [0.25, 0.3) is 0 Å². The molecule has 48 heavy (non-hydrogen) atoms. The monoisotopic (exact) mass is 842 g/mol. The maximum atomic E-state index is 7.51. The quantitative estimate of drug-likeness (QED) is 0.119. The van der Waals surface area contributed by atoms with Gasteiger partial charge < -0.3 is 37.0 Å². The van der Waals surface area contributed by atoms with Gasteiger partial charge in [0.1, 0.15) is 0 Å². The molecule has 0 aliphatic rings. The lowest BCUT2D eigenvalue weighted by Gasteiger charge is -2.48. The van der Waals surface area contributed by atoms with Gasteiger partial charge in [-0.25, -0.2) is 0 Å². The van der Waals surface area contributed by atoms with Crippen LogP contribution in [0.15, 0.2) is 36.0 Å². The molecule has 0 amide bonds. The Labute approximate surface area is 305 Å². The van der Waals surface area contributed by atoms with Crippen LogP contribution in [0.4, 0.5) is 0 Å². The second kappa shape index (κ2) is 16.4. The van der Waals surface area contributed by atoms with Crippen molar-refractivity contribution < 1.29 is 37.0 Å².